The number of hydrogen-bond acceptors (Lipinski definition) is 4. The minimum absolute atomic E-state index is 0.0893. The summed E-state index contributed by atoms with van der Waals surface area (Å²) in [7, 11) is 0. The number of aryl methyl sites for hydroxylation is 1. The fourth-order valence-electron chi connectivity index (χ4n) is 3.07. The molecule has 24 heavy (non-hydrogen) atoms. The van der Waals surface area contributed by atoms with Crippen LogP contribution >= 0.6 is 11.3 Å². The first-order valence-corrected chi connectivity index (χ1v) is 9.14. The van der Waals surface area contributed by atoms with E-state index in [2.05, 4.69) is 60.6 Å². The number of nitrogens with zero attached hydrogens (tertiary/aromatic N) is 3. The predicted octanol–water partition coefficient (Wildman–Crippen LogP) is 4.51. The van der Waals surface area contributed by atoms with E-state index in [4.69, 9.17) is 0 Å². The summed E-state index contributed by atoms with van der Waals surface area (Å²) in [6.07, 6.45) is 2.02. The number of carbonyl (C=O) groups is 1. The van der Waals surface area contributed by atoms with Gasteiger partial charge in [-0.25, -0.2) is 4.79 Å². The molecule has 1 saturated heterocycles. The maximum Gasteiger partial charge on any atom is 0.324 e. The van der Waals surface area contributed by atoms with Gasteiger partial charge in [-0.05, 0) is 36.3 Å². The number of amides is 2. The van der Waals surface area contributed by atoms with Gasteiger partial charge >= 0.3 is 6.03 Å². The molecule has 0 radical (unpaired) electrons. The third kappa shape index (κ3) is 3.59. The SMILES string of the molecule is Cc1nnc(NC(=O)N2CCCC2c2ccc(C(C)(C)C)cc2)s1. The van der Waals surface area contributed by atoms with Crippen molar-refractivity contribution in [3.05, 3.63) is 40.4 Å². The molecule has 1 aromatic heterocycles. The molecular formula is C18H24N4OS. The minimum Gasteiger partial charge on any atom is -0.317 e. The molecule has 5 nitrogen and oxygen atoms in total. The lowest BCUT2D eigenvalue weighted by atomic mass is 9.86. The molecule has 1 aliphatic rings. The van der Waals surface area contributed by atoms with Gasteiger partial charge in [0.05, 0.1) is 6.04 Å². The van der Waals surface area contributed by atoms with Gasteiger partial charge in [0.2, 0.25) is 5.13 Å². The standard InChI is InChI=1S/C18H24N4OS/c1-12-20-21-16(24-12)19-17(23)22-11-5-6-15(22)13-7-9-14(10-8-13)18(2,3)4/h7-10,15H,5-6,11H2,1-4H3,(H,19,21,23). The van der Waals surface area contributed by atoms with E-state index in [0.29, 0.717) is 5.13 Å². The van der Waals surface area contributed by atoms with E-state index in [1.54, 1.807) is 0 Å². The molecule has 0 spiro atoms. The highest BCUT2D eigenvalue weighted by atomic mass is 32.1. The lowest BCUT2D eigenvalue weighted by Crippen LogP contribution is -2.34. The Hall–Kier alpha value is -1.95. The van der Waals surface area contributed by atoms with E-state index >= 15 is 0 Å². The van der Waals surface area contributed by atoms with Crippen molar-refractivity contribution in [2.45, 2.75) is 52.0 Å². The van der Waals surface area contributed by atoms with Crippen molar-refractivity contribution in [2.24, 2.45) is 0 Å². The van der Waals surface area contributed by atoms with Crippen LogP contribution in [0.5, 0.6) is 0 Å². The van der Waals surface area contributed by atoms with Crippen LogP contribution in [0.2, 0.25) is 0 Å². The van der Waals surface area contributed by atoms with Crippen molar-refractivity contribution in [1.82, 2.24) is 15.1 Å². The van der Waals surface area contributed by atoms with Crippen molar-refractivity contribution >= 4 is 22.5 Å². The molecule has 1 fully saturated rings. The van der Waals surface area contributed by atoms with Crippen molar-refractivity contribution in [3.8, 4) is 0 Å². The van der Waals surface area contributed by atoms with Crippen LogP contribution in [-0.2, 0) is 5.41 Å². The van der Waals surface area contributed by atoms with Crippen LogP contribution < -0.4 is 5.32 Å². The second-order valence-corrected chi connectivity index (χ2v) is 8.46. The quantitative estimate of drug-likeness (QED) is 0.872. The highest BCUT2D eigenvalue weighted by molar-refractivity contribution is 7.15. The normalized spacial score (nSPS) is 18.0. The Balaban J connectivity index is 1.74. The van der Waals surface area contributed by atoms with Gasteiger partial charge in [-0.3, -0.25) is 5.32 Å². The highest BCUT2D eigenvalue weighted by Gasteiger charge is 2.30. The molecule has 1 atom stereocenters. The maximum absolute atomic E-state index is 12.6. The molecule has 1 aromatic carbocycles. The van der Waals surface area contributed by atoms with Gasteiger partial charge in [-0.1, -0.05) is 56.4 Å². The summed E-state index contributed by atoms with van der Waals surface area (Å²) >= 11 is 1.40. The zero-order valence-electron chi connectivity index (χ0n) is 14.7. The third-order valence-corrected chi connectivity index (χ3v) is 5.17. The second-order valence-electron chi connectivity index (χ2n) is 7.28. The number of benzene rings is 1. The molecule has 0 saturated carbocycles. The Labute approximate surface area is 147 Å². The van der Waals surface area contributed by atoms with Crippen LogP contribution in [0.15, 0.2) is 24.3 Å². The van der Waals surface area contributed by atoms with Crippen molar-refractivity contribution < 1.29 is 4.79 Å². The molecule has 3 rings (SSSR count). The van der Waals surface area contributed by atoms with Gasteiger partial charge in [0.15, 0.2) is 0 Å². The number of rotatable bonds is 2. The van der Waals surface area contributed by atoms with Gasteiger partial charge in [0.1, 0.15) is 5.01 Å². The molecule has 0 aliphatic carbocycles. The summed E-state index contributed by atoms with van der Waals surface area (Å²) in [5, 5.41) is 12.2. The van der Waals surface area contributed by atoms with Crippen LogP contribution in [0.1, 0.15) is 55.8 Å². The first kappa shape index (κ1) is 16.9. The fraction of sp³-hybridized carbons (Fsp3) is 0.500. The van der Waals surface area contributed by atoms with Crippen LogP contribution in [0.25, 0.3) is 0 Å². The molecular weight excluding hydrogens is 320 g/mol. The number of anilines is 1. The predicted molar refractivity (Wildman–Crippen MR) is 97.5 cm³/mol. The Morgan fingerprint density at radius 2 is 1.96 bits per heavy atom. The van der Waals surface area contributed by atoms with Crippen molar-refractivity contribution in [3.63, 3.8) is 0 Å². The van der Waals surface area contributed by atoms with E-state index in [1.165, 1.54) is 22.5 Å². The van der Waals surface area contributed by atoms with Crippen LogP contribution in [-0.4, -0.2) is 27.7 Å². The molecule has 128 valence electrons. The number of hydrogen-bond donors (Lipinski definition) is 1. The van der Waals surface area contributed by atoms with Crippen LogP contribution in [0.3, 0.4) is 0 Å². The lowest BCUT2D eigenvalue weighted by molar-refractivity contribution is 0.207. The van der Waals surface area contributed by atoms with E-state index in [-0.39, 0.29) is 17.5 Å². The highest BCUT2D eigenvalue weighted by Crippen LogP contribution is 2.34. The van der Waals surface area contributed by atoms with Crippen molar-refractivity contribution in [1.29, 1.82) is 0 Å². The van der Waals surface area contributed by atoms with Gasteiger partial charge in [0.25, 0.3) is 0 Å². The Kier molecular flexibility index (Phi) is 4.58. The molecule has 0 bridgehead atoms. The third-order valence-electron chi connectivity index (χ3n) is 4.42. The minimum atomic E-state index is -0.0893. The maximum atomic E-state index is 12.6. The molecule has 2 heterocycles. The lowest BCUT2D eigenvalue weighted by Gasteiger charge is -2.26. The zero-order valence-corrected chi connectivity index (χ0v) is 15.5. The van der Waals surface area contributed by atoms with E-state index in [0.717, 1.165) is 24.4 Å². The molecule has 1 unspecified atom stereocenters. The van der Waals surface area contributed by atoms with Crippen LogP contribution in [0.4, 0.5) is 9.93 Å². The van der Waals surface area contributed by atoms with Gasteiger partial charge in [-0.15, -0.1) is 10.2 Å². The Morgan fingerprint density at radius 1 is 1.25 bits per heavy atom. The summed E-state index contributed by atoms with van der Waals surface area (Å²) in [5.41, 5.74) is 2.65. The summed E-state index contributed by atoms with van der Waals surface area (Å²) in [6, 6.07) is 8.72. The summed E-state index contributed by atoms with van der Waals surface area (Å²) in [6.45, 7) is 9.28. The number of aromatic nitrogens is 2. The Morgan fingerprint density at radius 3 is 2.54 bits per heavy atom. The average molecular weight is 344 g/mol. The molecule has 2 aromatic rings. The largest absolute Gasteiger partial charge is 0.324 e. The number of likely N-dealkylation sites (tertiary alicyclic amines) is 1. The molecule has 2 amide bonds. The topological polar surface area (TPSA) is 58.1 Å². The monoisotopic (exact) mass is 344 g/mol. The van der Waals surface area contributed by atoms with Gasteiger partial charge in [0, 0.05) is 6.54 Å². The first-order chi connectivity index (χ1) is 11.3. The number of carbonyl (C=O) groups excluding carboxylic acids is 1. The number of nitrogens with one attached hydrogen (secondary N) is 1. The summed E-state index contributed by atoms with van der Waals surface area (Å²) in [4.78, 5) is 14.5. The van der Waals surface area contributed by atoms with Gasteiger partial charge in [-0.2, -0.15) is 0 Å². The zero-order chi connectivity index (χ0) is 17.3. The van der Waals surface area contributed by atoms with Crippen molar-refractivity contribution in [2.75, 3.05) is 11.9 Å². The van der Waals surface area contributed by atoms with E-state index in [1.807, 2.05) is 11.8 Å². The number of urea groups is 1. The molecule has 1 N–H and O–H groups in total. The molecule has 1 aliphatic heterocycles. The average Bonchev–Trinajstić information content (AvgIpc) is 3.15. The first-order valence-electron chi connectivity index (χ1n) is 8.33. The smallest absolute Gasteiger partial charge is 0.317 e. The van der Waals surface area contributed by atoms with Gasteiger partial charge < -0.3 is 4.90 Å². The summed E-state index contributed by atoms with van der Waals surface area (Å²) in [5.74, 6) is 0. The second kappa shape index (κ2) is 6.51. The summed E-state index contributed by atoms with van der Waals surface area (Å²) < 4.78 is 0. The van der Waals surface area contributed by atoms with Crippen LogP contribution in [0, 0.1) is 6.92 Å². The van der Waals surface area contributed by atoms with E-state index in [9.17, 15) is 4.79 Å². The fourth-order valence-corrected chi connectivity index (χ4v) is 3.65. The Bertz CT molecular complexity index is 717. The molecule has 6 heteroatoms. The van der Waals surface area contributed by atoms with E-state index < -0.39 is 0 Å².